The molecule has 0 aliphatic carbocycles. The first-order chi connectivity index (χ1) is 10.9. The maximum Gasteiger partial charge on any atom is 0.339 e. The largest absolute Gasteiger partial charge is 0.481 e. The number of aldehydes is 1. The minimum Gasteiger partial charge on any atom is -0.481 e. The van der Waals surface area contributed by atoms with Crippen LogP contribution in [0.1, 0.15) is 12.8 Å². The fourth-order valence-electron chi connectivity index (χ4n) is 1.64. The number of carboxylic acid groups (broad SMARTS) is 2. The van der Waals surface area contributed by atoms with Crippen LogP contribution in [-0.2, 0) is 23.9 Å². The predicted molar refractivity (Wildman–Crippen MR) is 72.5 cm³/mol. The van der Waals surface area contributed by atoms with E-state index < -0.39 is 67.3 Å². The number of aliphatic hydroxyl groups is 4. The summed E-state index contributed by atoms with van der Waals surface area (Å²) in [4.78, 5) is 43.3. The normalized spacial score (nSPS) is 16.5. The van der Waals surface area contributed by atoms with Gasteiger partial charge in [0.25, 0.3) is 0 Å². The number of nitrogens with two attached hydrogens (primary N) is 1. The van der Waals surface area contributed by atoms with E-state index in [-0.39, 0.29) is 6.29 Å². The lowest BCUT2D eigenvalue weighted by Crippen LogP contribution is -2.51. The maximum atomic E-state index is 11.7. The molecule has 0 spiro atoms. The monoisotopic (exact) mass is 353 g/mol. The number of aliphatic hydroxyl groups excluding tert-OH is 3. The second-order valence-electron chi connectivity index (χ2n) is 5.03. The van der Waals surface area contributed by atoms with Crippen molar-refractivity contribution in [2.45, 2.75) is 42.8 Å². The van der Waals surface area contributed by atoms with Crippen molar-refractivity contribution in [3.63, 3.8) is 0 Å². The molecule has 0 aromatic heterocycles. The van der Waals surface area contributed by atoms with Crippen LogP contribution in [0, 0.1) is 0 Å². The van der Waals surface area contributed by atoms with Gasteiger partial charge in [0, 0.05) is 0 Å². The fourth-order valence-corrected chi connectivity index (χ4v) is 1.64. The van der Waals surface area contributed by atoms with Crippen LogP contribution in [0.3, 0.4) is 0 Å². The number of aliphatic carboxylic acids is 2. The van der Waals surface area contributed by atoms with Gasteiger partial charge in [0.15, 0.2) is 5.60 Å². The molecule has 24 heavy (non-hydrogen) atoms. The minimum absolute atomic E-state index is 0.102. The first-order valence-electron chi connectivity index (χ1n) is 6.53. The van der Waals surface area contributed by atoms with Gasteiger partial charge < -0.3 is 45.9 Å². The molecule has 0 aromatic rings. The number of carboxylic acids is 2. The van der Waals surface area contributed by atoms with Crippen molar-refractivity contribution >= 4 is 24.2 Å². The summed E-state index contributed by atoms with van der Waals surface area (Å²) in [6.45, 7) is -1.02. The number of hydrogen-bond donors (Lipinski definition) is 7. The van der Waals surface area contributed by atoms with Crippen LogP contribution in [0.15, 0.2) is 0 Å². The highest BCUT2D eigenvalue weighted by Crippen LogP contribution is 2.18. The summed E-state index contributed by atoms with van der Waals surface area (Å²) in [5.74, 6) is -5.01. The average Bonchev–Trinajstić information content (AvgIpc) is 2.47. The fraction of sp³-hybridized carbons (Fsp3) is 0.667. The van der Waals surface area contributed by atoms with E-state index in [9.17, 15) is 39.6 Å². The van der Waals surface area contributed by atoms with Gasteiger partial charge in [0.2, 0.25) is 0 Å². The summed E-state index contributed by atoms with van der Waals surface area (Å²) in [7, 11) is 0. The van der Waals surface area contributed by atoms with Gasteiger partial charge in [-0.1, -0.05) is 0 Å². The Morgan fingerprint density at radius 2 is 1.50 bits per heavy atom. The zero-order valence-electron chi connectivity index (χ0n) is 12.3. The molecule has 0 aromatic carbocycles. The number of hydrogen-bond acceptors (Lipinski definition) is 10. The van der Waals surface area contributed by atoms with Crippen LogP contribution in [0.4, 0.5) is 0 Å². The molecule has 138 valence electrons. The van der Waals surface area contributed by atoms with Gasteiger partial charge in [0.1, 0.15) is 31.2 Å². The van der Waals surface area contributed by atoms with Crippen molar-refractivity contribution in [1.29, 1.82) is 0 Å². The standard InChI is InChI=1S/C12H19NO11/c13-5(3-14)9(20)10(21)6(15)4-24-11(22)12(23,1-7(16)17)2-8(18)19/h3,5-6,9-10,15,20-21,23H,1-2,4,13H2,(H,16,17)(H,18,19)/t5-,6+,9+,10+/m0/s1. The van der Waals surface area contributed by atoms with Crippen molar-refractivity contribution < 1.29 is 54.6 Å². The van der Waals surface area contributed by atoms with Gasteiger partial charge in [-0.05, 0) is 0 Å². The third-order valence-electron chi connectivity index (χ3n) is 2.95. The third-order valence-corrected chi connectivity index (χ3v) is 2.95. The molecule has 0 radical (unpaired) electrons. The average molecular weight is 353 g/mol. The second-order valence-corrected chi connectivity index (χ2v) is 5.03. The molecule has 0 aliphatic rings. The summed E-state index contributed by atoms with van der Waals surface area (Å²) in [6.07, 6.45) is -8.25. The van der Waals surface area contributed by atoms with Gasteiger partial charge in [-0.2, -0.15) is 0 Å². The van der Waals surface area contributed by atoms with Crippen molar-refractivity contribution in [2.24, 2.45) is 5.73 Å². The molecule has 0 saturated carbocycles. The van der Waals surface area contributed by atoms with E-state index in [2.05, 4.69) is 4.74 Å². The molecule has 0 amide bonds. The Morgan fingerprint density at radius 1 is 1.04 bits per heavy atom. The van der Waals surface area contributed by atoms with Crippen LogP contribution < -0.4 is 5.73 Å². The van der Waals surface area contributed by atoms with Gasteiger partial charge in [0.05, 0.1) is 18.9 Å². The van der Waals surface area contributed by atoms with Crippen LogP contribution in [0.2, 0.25) is 0 Å². The Kier molecular flexibility index (Phi) is 8.43. The molecule has 4 atom stereocenters. The second kappa shape index (κ2) is 9.24. The Bertz CT molecular complexity index is 464. The Balaban J connectivity index is 4.85. The molecule has 12 heteroatoms. The Morgan fingerprint density at radius 3 is 1.88 bits per heavy atom. The van der Waals surface area contributed by atoms with E-state index in [4.69, 9.17) is 15.9 Å². The molecule has 0 heterocycles. The van der Waals surface area contributed by atoms with Crippen molar-refractivity contribution in [3.8, 4) is 0 Å². The lowest BCUT2D eigenvalue weighted by molar-refractivity contribution is -0.180. The van der Waals surface area contributed by atoms with Crippen LogP contribution in [0.5, 0.6) is 0 Å². The molecule has 12 nitrogen and oxygen atoms in total. The van der Waals surface area contributed by atoms with E-state index in [1.54, 1.807) is 0 Å². The summed E-state index contributed by atoms with van der Waals surface area (Å²) in [6, 6.07) is -1.53. The Hall–Kier alpha value is -2.12. The third kappa shape index (κ3) is 6.55. The number of rotatable bonds is 11. The number of carbonyl (C=O) groups excluding carboxylic acids is 2. The van der Waals surface area contributed by atoms with Crippen LogP contribution in [0.25, 0.3) is 0 Å². The highest BCUT2D eigenvalue weighted by atomic mass is 16.6. The first-order valence-corrected chi connectivity index (χ1v) is 6.53. The van der Waals surface area contributed by atoms with Gasteiger partial charge >= 0.3 is 17.9 Å². The molecule has 0 unspecified atom stereocenters. The number of esters is 1. The summed E-state index contributed by atoms with van der Waals surface area (Å²) in [5.41, 5.74) is 2.23. The zero-order valence-corrected chi connectivity index (χ0v) is 12.3. The molecule has 0 saturated heterocycles. The summed E-state index contributed by atoms with van der Waals surface area (Å²) >= 11 is 0. The molecular weight excluding hydrogens is 334 g/mol. The van der Waals surface area contributed by atoms with E-state index in [1.807, 2.05) is 0 Å². The number of ether oxygens (including phenoxy) is 1. The maximum absolute atomic E-state index is 11.7. The molecular formula is C12H19NO11. The van der Waals surface area contributed by atoms with Gasteiger partial charge in [-0.25, -0.2) is 4.79 Å². The highest BCUT2D eigenvalue weighted by Gasteiger charge is 2.43. The molecule has 0 aliphatic heterocycles. The predicted octanol–water partition coefficient (Wildman–Crippen LogP) is -4.18. The van der Waals surface area contributed by atoms with E-state index >= 15 is 0 Å². The van der Waals surface area contributed by atoms with E-state index in [0.717, 1.165) is 0 Å². The molecule has 8 N–H and O–H groups in total. The molecule has 0 rings (SSSR count). The quantitative estimate of drug-likeness (QED) is 0.139. The SMILES string of the molecule is N[C@@H](C=O)[C@@H](O)[C@H](O)[C@H](O)COC(=O)C(O)(CC(=O)O)CC(=O)O. The lowest BCUT2D eigenvalue weighted by atomic mass is 9.95. The summed E-state index contributed by atoms with van der Waals surface area (Å²) < 4.78 is 4.39. The highest BCUT2D eigenvalue weighted by molar-refractivity contribution is 5.89. The van der Waals surface area contributed by atoms with Crippen molar-refractivity contribution in [3.05, 3.63) is 0 Å². The van der Waals surface area contributed by atoms with Gasteiger partial charge in [-0.3, -0.25) is 9.59 Å². The zero-order chi connectivity index (χ0) is 19.1. The van der Waals surface area contributed by atoms with Gasteiger partial charge in [-0.15, -0.1) is 0 Å². The Labute approximate surface area is 135 Å². The lowest BCUT2D eigenvalue weighted by Gasteiger charge is -2.26. The number of carbonyl (C=O) groups is 4. The van der Waals surface area contributed by atoms with E-state index in [0.29, 0.717) is 0 Å². The van der Waals surface area contributed by atoms with Crippen LogP contribution >= 0.6 is 0 Å². The van der Waals surface area contributed by atoms with Crippen molar-refractivity contribution in [2.75, 3.05) is 6.61 Å². The topological polar surface area (TPSA) is 225 Å². The molecule has 0 fully saturated rings. The smallest absolute Gasteiger partial charge is 0.339 e. The first kappa shape index (κ1) is 21.9. The van der Waals surface area contributed by atoms with Crippen LogP contribution in [-0.4, -0.2) is 91.4 Å². The molecule has 0 bridgehead atoms. The minimum atomic E-state index is -2.89. The summed E-state index contributed by atoms with van der Waals surface area (Å²) in [5, 5.41) is 55.5. The van der Waals surface area contributed by atoms with Crippen molar-refractivity contribution in [1.82, 2.24) is 0 Å². The van der Waals surface area contributed by atoms with E-state index in [1.165, 1.54) is 0 Å².